The van der Waals surface area contributed by atoms with Gasteiger partial charge in [0.1, 0.15) is 12.4 Å². The van der Waals surface area contributed by atoms with E-state index < -0.39 is 12.6 Å². The summed E-state index contributed by atoms with van der Waals surface area (Å²) >= 11 is 0. The van der Waals surface area contributed by atoms with Gasteiger partial charge in [-0.1, -0.05) is 18.2 Å². The molecule has 1 rings (SSSR count). The number of unbranched alkanes of at least 4 members (excludes halogenated alkanes) is 1. The third-order valence-electron chi connectivity index (χ3n) is 2.35. The summed E-state index contributed by atoms with van der Waals surface area (Å²) in [6.07, 6.45) is -4.02. The Morgan fingerprint density at radius 3 is 2.39 bits per heavy atom. The molecule has 0 bridgehead atoms. The van der Waals surface area contributed by atoms with Gasteiger partial charge in [0.25, 0.3) is 0 Å². The van der Waals surface area contributed by atoms with Gasteiger partial charge >= 0.3 is 6.18 Å². The molecule has 0 amide bonds. The van der Waals surface area contributed by atoms with E-state index in [1.807, 2.05) is 30.3 Å². The Kier molecular flexibility index (Phi) is 6.57. The zero-order valence-electron chi connectivity index (χ0n) is 10.2. The highest BCUT2D eigenvalue weighted by molar-refractivity contribution is 5.20. The molecule has 0 atom stereocenters. The van der Waals surface area contributed by atoms with Gasteiger partial charge in [0, 0.05) is 13.0 Å². The Balaban J connectivity index is 1.90. The highest BCUT2D eigenvalue weighted by Gasteiger charge is 2.25. The normalized spacial score (nSPS) is 11.5. The topological polar surface area (TPSA) is 21.3 Å². The van der Waals surface area contributed by atoms with Crippen molar-refractivity contribution in [3.05, 3.63) is 30.3 Å². The minimum Gasteiger partial charge on any atom is -0.492 e. The number of para-hydroxylation sites is 1. The predicted molar refractivity (Wildman–Crippen MR) is 64.7 cm³/mol. The first-order valence-electron chi connectivity index (χ1n) is 6.03. The number of rotatable bonds is 8. The van der Waals surface area contributed by atoms with Crippen LogP contribution < -0.4 is 10.1 Å². The molecule has 0 aliphatic rings. The lowest BCUT2D eigenvalue weighted by atomic mass is 10.2. The van der Waals surface area contributed by atoms with Crippen LogP contribution >= 0.6 is 0 Å². The molecule has 1 aromatic rings. The van der Waals surface area contributed by atoms with Crippen molar-refractivity contribution in [2.45, 2.75) is 25.4 Å². The molecule has 0 fully saturated rings. The third-order valence-corrected chi connectivity index (χ3v) is 2.35. The first kappa shape index (κ1) is 14.8. The van der Waals surface area contributed by atoms with E-state index in [9.17, 15) is 13.2 Å². The monoisotopic (exact) mass is 261 g/mol. The summed E-state index contributed by atoms with van der Waals surface area (Å²) in [6.45, 7) is 1.75. The molecule has 0 radical (unpaired) electrons. The van der Waals surface area contributed by atoms with Gasteiger partial charge in [-0.3, -0.25) is 0 Å². The summed E-state index contributed by atoms with van der Waals surface area (Å²) in [5.74, 6) is 0.802. The van der Waals surface area contributed by atoms with E-state index in [4.69, 9.17) is 4.74 Å². The van der Waals surface area contributed by atoms with Gasteiger partial charge in [-0.2, -0.15) is 13.2 Å². The molecule has 5 heteroatoms. The van der Waals surface area contributed by atoms with Gasteiger partial charge in [0.15, 0.2) is 0 Å². The van der Waals surface area contributed by atoms with Crippen LogP contribution in [0.15, 0.2) is 30.3 Å². The van der Waals surface area contributed by atoms with Crippen molar-refractivity contribution in [2.75, 3.05) is 19.7 Å². The quantitative estimate of drug-likeness (QED) is 0.724. The molecule has 0 aromatic heterocycles. The SMILES string of the molecule is FC(F)(F)CCCCNCCOc1ccccc1. The lowest BCUT2D eigenvalue weighted by Crippen LogP contribution is -2.22. The van der Waals surface area contributed by atoms with Crippen molar-refractivity contribution in [2.24, 2.45) is 0 Å². The molecule has 1 N–H and O–H groups in total. The molecule has 0 aliphatic carbocycles. The van der Waals surface area contributed by atoms with Crippen LogP contribution in [0, 0.1) is 0 Å². The van der Waals surface area contributed by atoms with Gasteiger partial charge in [-0.05, 0) is 31.5 Å². The maximum Gasteiger partial charge on any atom is 0.389 e. The van der Waals surface area contributed by atoms with Gasteiger partial charge < -0.3 is 10.1 Å². The van der Waals surface area contributed by atoms with Gasteiger partial charge in [-0.25, -0.2) is 0 Å². The molecule has 0 saturated carbocycles. The molecular weight excluding hydrogens is 243 g/mol. The zero-order chi connectivity index (χ0) is 13.3. The summed E-state index contributed by atoms with van der Waals surface area (Å²) in [7, 11) is 0. The van der Waals surface area contributed by atoms with Crippen LogP contribution in [-0.4, -0.2) is 25.9 Å². The largest absolute Gasteiger partial charge is 0.492 e. The van der Waals surface area contributed by atoms with E-state index >= 15 is 0 Å². The maximum atomic E-state index is 11.8. The van der Waals surface area contributed by atoms with Crippen LogP contribution in [0.1, 0.15) is 19.3 Å². The van der Waals surface area contributed by atoms with Crippen molar-refractivity contribution in [1.82, 2.24) is 5.32 Å². The van der Waals surface area contributed by atoms with Crippen molar-refractivity contribution in [1.29, 1.82) is 0 Å². The molecule has 0 unspecified atom stereocenters. The highest BCUT2D eigenvalue weighted by atomic mass is 19.4. The summed E-state index contributed by atoms with van der Waals surface area (Å²) in [5, 5.41) is 3.05. The van der Waals surface area contributed by atoms with Gasteiger partial charge in [0.2, 0.25) is 0 Å². The number of nitrogens with one attached hydrogen (secondary N) is 1. The fourth-order valence-corrected chi connectivity index (χ4v) is 1.46. The van der Waals surface area contributed by atoms with Crippen molar-refractivity contribution in [3.63, 3.8) is 0 Å². The molecule has 0 aliphatic heterocycles. The van der Waals surface area contributed by atoms with Crippen LogP contribution in [-0.2, 0) is 0 Å². The summed E-state index contributed by atoms with van der Waals surface area (Å²) in [4.78, 5) is 0. The average Bonchev–Trinajstić information content (AvgIpc) is 2.32. The van der Waals surface area contributed by atoms with Gasteiger partial charge in [-0.15, -0.1) is 0 Å². The summed E-state index contributed by atoms with van der Waals surface area (Å²) in [6, 6.07) is 9.41. The van der Waals surface area contributed by atoms with Crippen LogP contribution in [0.3, 0.4) is 0 Å². The minimum atomic E-state index is -4.03. The number of hydrogen-bond donors (Lipinski definition) is 1. The predicted octanol–water partition coefficient (Wildman–Crippen LogP) is 3.39. The Hall–Kier alpha value is -1.23. The zero-order valence-corrected chi connectivity index (χ0v) is 10.2. The Morgan fingerprint density at radius 1 is 1.00 bits per heavy atom. The second kappa shape index (κ2) is 7.97. The smallest absolute Gasteiger partial charge is 0.389 e. The Bertz CT molecular complexity index is 314. The molecule has 0 heterocycles. The van der Waals surface area contributed by atoms with E-state index in [1.54, 1.807) is 0 Å². The van der Waals surface area contributed by atoms with Crippen LogP contribution in [0.4, 0.5) is 13.2 Å². The average molecular weight is 261 g/mol. The van der Waals surface area contributed by atoms with E-state index in [2.05, 4.69) is 5.32 Å². The van der Waals surface area contributed by atoms with E-state index in [-0.39, 0.29) is 6.42 Å². The van der Waals surface area contributed by atoms with Crippen LogP contribution in [0.25, 0.3) is 0 Å². The Morgan fingerprint density at radius 2 is 1.72 bits per heavy atom. The molecular formula is C13H18F3NO. The molecule has 0 spiro atoms. The highest BCUT2D eigenvalue weighted by Crippen LogP contribution is 2.21. The number of hydrogen-bond acceptors (Lipinski definition) is 2. The maximum absolute atomic E-state index is 11.8. The lowest BCUT2D eigenvalue weighted by Gasteiger charge is -2.08. The second-order valence-electron chi connectivity index (χ2n) is 3.98. The number of ether oxygens (including phenoxy) is 1. The molecule has 18 heavy (non-hydrogen) atoms. The van der Waals surface area contributed by atoms with Crippen molar-refractivity contribution >= 4 is 0 Å². The van der Waals surface area contributed by atoms with E-state index in [0.717, 1.165) is 5.75 Å². The Labute approximate surface area is 105 Å². The fraction of sp³-hybridized carbons (Fsp3) is 0.538. The minimum absolute atomic E-state index is 0.177. The van der Waals surface area contributed by atoms with Crippen molar-refractivity contribution in [3.8, 4) is 5.75 Å². The van der Waals surface area contributed by atoms with Crippen LogP contribution in [0.2, 0.25) is 0 Å². The second-order valence-corrected chi connectivity index (χ2v) is 3.98. The lowest BCUT2D eigenvalue weighted by molar-refractivity contribution is -0.135. The van der Waals surface area contributed by atoms with E-state index in [0.29, 0.717) is 26.1 Å². The first-order chi connectivity index (χ1) is 8.58. The molecule has 1 aromatic carbocycles. The van der Waals surface area contributed by atoms with Crippen LogP contribution in [0.5, 0.6) is 5.75 Å². The fourth-order valence-electron chi connectivity index (χ4n) is 1.46. The number of benzene rings is 1. The van der Waals surface area contributed by atoms with E-state index in [1.165, 1.54) is 0 Å². The van der Waals surface area contributed by atoms with Crippen molar-refractivity contribution < 1.29 is 17.9 Å². The molecule has 2 nitrogen and oxygen atoms in total. The molecule has 0 saturated heterocycles. The van der Waals surface area contributed by atoms with Gasteiger partial charge in [0.05, 0.1) is 0 Å². The summed E-state index contributed by atoms with van der Waals surface area (Å²) < 4.78 is 40.9. The number of alkyl halides is 3. The first-order valence-corrected chi connectivity index (χ1v) is 6.03. The third kappa shape index (κ3) is 7.95. The molecule has 102 valence electrons. The standard InChI is InChI=1S/C13H18F3NO/c14-13(15,16)8-4-5-9-17-10-11-18-12-6-2-1-3-7-12/h1-3,6-7,17H,4-5,8-11H2. The number of halogens is 3. The summed E-state index contributed by atoms with van der Waals surface area (Å²) in [5.41, 5.74) is 0.